The summed E-state index contributed by atoms with van der Waals surface area (Å²) in [6.45, 7) is 9.19. The van der Waals surface area contributed by atoms with Crippen LogP contribution in [0.5, 0.6) is 0 Å². The summed E-state index contributed by atoms with van der Waals surface area (Å²) in [4.78, 5) is 22.5. The van der Waals surface area contributed by atoms with Gasteiger partial charge in [-0.25, -0.2) is 9.97 Å². The highest BCUT2D eigenvalue weighted by atomic mass is 32.2. The van der Waals surface area contributed by atoms with Crippen molar-refractivity contribution in [3.63, 3.8) is 0 Å². The van der Waals surface area contributed by atoms with Gasteiger partial charge in [-0.2, -0.15) is 0 Å². The van der Waals surface area contributed by atoms with Crippen LogP contribution in [-0.2, 0) is 6.54 Å². The van der Waals surface area contributed by atoms with Gasteiger partial charge < -0.3 is 10.3 Å². The van der Waals surface area contributed by atoms with E-state index in [1.54, 1.807) is 0 Å². The molecular formula is C15H20N4OS. The van der Waals surface area contributed by atoms with Gasteiger partial charge in [0.15, 0.2) is 5.16 Å². The smallest absolute Gasteiger partial charge is 0.251 e. The Kier molecular flexibility index (Phi) is 4.80. The van der Waals surface area contributed by atoms with Crippen molar-refractivity contribution in [2.45, 2.75) is 50.0 Å². The van der Waals surface area contributed by atoms with Crippen LogP contribution in [0.15, 0.2) is 39.5 Å². The van der Waals surface area contributed by atoms with Gasteiger partial charge in [0.1, 0.15) is 5.03 Å². The maximum atomic E-state index is 11.3. The van der Waals surface area contributed by atoms with Crippen LogP contribution in [-0.4, -0.2) is 20.5 Å². The predicted molar refractivity (Wildman–Crippen MR) is 84.5 cm³/mol. The molecule has 5 nitrogen and oxygen atoms in total. The van der Waals surface area contributed by atoms with Crippen LogP contribution in [0, 0.1) is 6.92 Å². The molecular weight excluding hydrogens is 284 g/mol. The SMILES string of the molecule is Cc1cc(CNC(C)(C)C)cnc1Sc1nccc(=O)[nH]1. The number of nitrogens with one attached hydrogen (secondary N) is 2. The van der Waals surface area contributed by atoms with Gasteiger partial charge in [0, 0.05) is 30.5 Å². The number of hydrogen-bond acceptors (Lipinski definition) is 5. The van der Waals surface area contributed by atoms with Gasteiger partial charge in [0.05, 0.1) is 0 Å². The minimum atomic E-state index is -0.156. The summed E-state index contributed by atoms with van der Waals surface area (Å²) in [5, 5.41) is 4.84. The molecule has 112 valence electrons. The Morgan fingerprint density at radius 3 is 2.71 bits per heavy atom. The lowest BCUT2D eigenvalue weighted by molar-refractivity contribution is 0.424. The van der Waals surface area contributed by atoms with E-state index >= 15 is 0 Å². The normalized spacial score (nSPS) is 11.6. The standard InChI is InChI=1S/C15H20N4OS/c1-10-7-11(9-18-15(2,3)4)8-17-13(10)21-14-16-6-5-12(20)19-14/h5-8,18H,9H2,1-4H3,(H,16,19,20). The number of rotatable bonds is 4. The fraction of sp³-hybridized carbons (Fsp3) is 0.400. The van der Waals surface area contributed by atoms with Crippen molar-refractivity contribution in [1.29, 1.82) is 0 Å². The fourth-order valence-electron chi connectivity index (χ4n) is 1.69. The molecule has 21 heavy (non-hydrogen) atoms. The van der Waals surface area contributed by atoms with Crippen LogP contribution < -0.4 is 10.9 Å². The zero-order valence-corrected chi connectivity index (χ0v) is 13.5. The number of aromatic nitrogens is 3. The lowest BCUT2D eigenvalue weighted by Gasteiger charge is -2.20. The van der Waals surface area contributed by atoms with Gasteiger partial charge in [-0.1, -0.05) is 6.07 Å². The van der Waals surface area contributed by atoms with Gasteiger partial charge in [-0.15, -0.1) is 0 Å². The highest BCUT2D eigenvalue weighted by Crippen LogP contribution is 2.25. The van der Waals surface area contributed by atoms with Crippen molar-refractivity contribution >= 4 is 11.8 Å². The fourth-order valence-corrected chi connectivity index (χ4v) is 2.46. The first-order valence-corrected chi connectivity index (χ1v) is 7.59. The number of aromatic amines is 1. The summed E-state index contributed by atoms with van der Waals surface area (Å²) in [6, 6.07) is 3.50. The second kappa shape index (κ2) is 6.41. The Morgan fingerprint density at radius 2 is 2.10 bits per heavy atom. The largest absolute Gasteiger partial charge is 0.308 e. The number of aryl methyl sites for hydroxylation is 1. The summed E-state index contributed by atoms with van der Waals surface area (Å²) in [5.74, 6) is 0. The second-order valence-electron chi connectivity index (χ2n) is 5.91. The van der Waals surface area contributed by atoms with Gasteiger partial charge >= 0.3 is 0 Å². The van der Waals surface area contributed by atoms with Crippen LogP contribution in [0.1, 0.15) is 31.9 Å². The monoisotopic (exact) mass is 304 g/mol. The molecule has 2 heterocycles. The minimum Gasteiger partial charge on any atom is -0.308 e. The lowest BCUT2D eigenvalue weighted by atomic mass is 10.1. The van der Waals surface area contributed by atoms with E-state index in [-0.39, 0.29) is 11.1 Å². The van der Waals surface area contributed by atoms with E-state index in [0.29, 0.717) is 5.16 Å². The van der Waals surface area contributed by atoms with Crippen LogP contribution in [0.3, 0.4) is 0 Å². The Balaban J connectivity index is 2.10. The lowest BCUT2D eigenvalue weighted by Crippen LogP contribution is -2.35. The topological polar surface area (TPSA) is 70.7 Å². The van der Waals surface area contributed by atoms with E-state index in [4.69, 9.17) is 0 Å². The van der Waals surface area contributed by atoms with E-state index in [0.717, 1.165) is 22.7 Å². The number of pyridine rings is 1. The number of hydrogen-bond donors (Lipinski definition) is 2. The van der Waals surface area contributed by atoms with E-state index in [1.165, 1.54) is 24.0 Å². The molecule has 2 rings (SSSR count). The quantitative estimate of drug-likeness (QED) is 0.849. The highest BCUT2D eigenvalue weighted by molar-refractivity contribution is 7.99. The Morgan fingerprint density at radius 1 is 1.33 bits per heavy atom. The molecule has 0 aliphatic carbocycles. The molecule has 0 atom stereocenters. The molecule has 2 aromatic heterocycles. The molecule has 0 spiro atoms. The minimum absolute atomic E-state index is 0.0781. The first-order chi connectivity index (χ1) is 9.83. The molecule has 0 bridgehead atoms. The van der Waals surface area contributed by atoms with Crippen LogP contribution in [0.2, 0.25) is 0 Å². The maximum absolute atomic E-state index is 11.3. The maximum Gasteiger partial charge on any atom is 0.251 e. The van der Waals surface area contributed by atoms with E-state index < -0.39 is 0 Å². The van der Waals surface area contributed by atoms with Crippen molar-refractivity contribution in [3.8, 4) is 0 Å². The summed E-state index contributed by atoms with van der Waals surface area (Å²) in [6.07, 6.45) is 3.35. The molecule has 0 saturated heterocycles. The number of H-pyrrole nitrogens is 1. The van der Waals surface area contributed by atoms with Crippen molar-refractivity contribution in [3.05, 3.63) is 46.0 Å². The zero-order valence-electron chi connectivity index (χ0n) is 12.7. The van der Waals surface area contributed by atoms with E-state index in [9.17, 15) is 4.79 Å². The van der Waals surface area contributed by atoms with Crippen LogP contribution in [0.25, 0.3) is 0 Å². The zero-order chi connectivity index (χ0) is 15.5. The molecule has 2 aromatic rings. The third-order valence-electron chi connectivity index (χ3n) is 2.75. The van der Waals surface area contributed by atoms with Gasteiger partial charge in [0.25, 0.3) is 5.56 Å². The summed E-state index contributed by atoms with van der Waals surface area (Å²) in [5.41, 5.74) is 2.13. The second-order valence-corrected chi connectivity index (χ2v) is 6.89. The van der Waals surface area contributed by atoms with Gasteiger partial charge in [-0.3, -0.25) is 4.79 Å². The van der Waals surface area contributed by atoms with Crippen LogP contribution in [0.4, 0.5) is 0 Å². The van der Waals surface area contributed by atoms with Crippen molar-refractivity contribution in [1.82, 2.24) is 20.3 Å². The summed E-state index contributed by atoms with van der Waals surface area (Å²) >= 11 is 1.36. The van der Waals surface area contributed by atoms with Crippen molar-refractivity contribution in [2.24, 2.45) is 0 Å². The van der Waals surface area contributed by atoms with Crippen LogP contribution >= 0.6 is 11.8 Å². The summed E-state index contributed by atoms with van der Waals surface area (Å²) < 4.78 is 0. The Labute approximate surface area is 128 Å². The summed E-state index contributed by atoms with van der Waals surface area (Å²) in [7, 11) is 0. The molecule has 0 fully saturated rings. The van der Waals surface area contributed by atoms with E-state index in [2.05, 4.69) is 47.1 Å². The molecule has 6 heteroatoms. The Hall–Kier alpha value is -1.66. The molecule has 0 aliphatic rings. The first-order valence-electron chi connectivity index (χ1n) is 6.77. The predicted octanol–water partition coefficient (Wildman–Crippen LogP) is 2.51. The van der Waals surface area contributed by atoms with Crippen molar-refractivity contribution < 1.29 is 0 Å². The number of nitrogens with zero attached hydrogens (tertiary/aromatic N) is 2. The van der Waals surface area contributed by atoms with Gasteiger partial charge in [0.2, 0.25) is 0 Å². The molecule has 0 saturated carbocycles. The molecule has 0 radical (unpaired) electrons. The molecule has 0 amide bonds. The Bertz CT molecular complexity index is 676. The third kappa shape index (κ3) is 4.99. The van der Waals surface area contributed by atoms with Crippen molar-refractivity contribution in [2.75, 3.05) is 0 Å². The molecule has 2 N–H and O–H groups in total. The first kappa shape index (κ1) is 15.7. The molecule has 0 unspecified atom stereocenters. The highest BCUT2D eigenvalue weighted by Gasteiger charge is 2.10. The average Bonchev–Trinajstić information content (AvgIpc) is 2.38. The molecule has 0 aliphatic heterocycles. The average molecular weight is 304 g/mol. The molecule has 0 aromatic carbocycles. The van der Waals surface area contributed by atoms with E-state index in [1.807, 2.05) is 13.1 Å². The van der Waals surface area contributed by atoms with Gasteiger partial charge in [-0.05, 0) is 50.6 Å². The third-order valence-corrected chi connectivity index (χ3v) is 3.77.